The van der Waals surface area contributed by atoms with E-state index in [4.69, 9.17) is 4.42 Å². The lowest BCUT2D eigenvalue weighted by Gasteiger charge is -2.26. The number of hydrogen-bond acceptors (Lipinski definition) is 3. The monoisotopic (exact) mass is 278 g/mol. The van der Waals surface area contributed by atoms with Crippen molar-refractivity contribution in [1.82, 2.24) is 10.2 Å². The molecular formula is C16H26N2O2. The van der Waals surface area contributed by atoms with E-state index in [2.05, 4.69) is 10.2 Å². The quantitative estimate of drug-likeness (QED) is 0.743. The molecule has 2 heterocycles. The summed E-state index contributed by atoms with van der Waals surface area (Å²) in [6.45, 7) is 4.57. The van der Waals surface area contributed by atoms with Gasteiger partial charge < -0.3 is 14.6 Å². The molecule has 1 amide bonds. The molecule has 1 aliphatic heterocycles. The summed E-state index contributed by atoms with van der Waals surface area (Å²) < 4.78 is 5.04. The maximum Gasteiger partial charge on any atom is 0.286 e. The number of unbranched alkanes of at least 4 members (excludes halogenated alkanes) is 3. The van der Waals surface area contributed by atoms with E-state index >= 15 is 0 Å². The molecular weight excluding hydrogens is 252 g/mol. The molecule has 4 heteroatoms. The van der Waals surface area contributed by atoms with Crippen LogP contribution in [0.4, 0.5) is 0 Å². The van der Waals surface area contributed by atoms with Crippen LogP contribution in [0.3, 0.4) is 0 Å². The van der Waals surface area contributed by atoms with E-state index in [1.54, 1.807) is 12.1 Å². The van der Waals surface area contributed by atoms with Gasteiger partial charge in [0.05, 0.1) is 6.26 Å². The number of hydrogen-bond donors (Lipinski definition) is 1. The van der Waals surface area contributed by atoms with Crippen molar-refractivity contribution in [3.05, 3.63) is 24.2 Å². The molecule has 20 heavy (non-hydrogen) atoms. The van der Waals surface area contributed by atoms with Crippen LogP contribution in [0.5, 0.6) is 0 Å². The van der Waals surface area contributed by atoms with Crippen LogP contribution in [-0.2, 0) is 0 Å². The Labute approximate surface area is 121 Å². The van der Waals surface area contributed by atoms with Crippen LogP contribution in [0.2, 0.25) is 0 Å². The Bertz CT molecular complexity index is 370. The van der Waals surface area contributed by atoms with Crippen LogP contribution >= 0.6 is 0 Å². The number of rotatable bonds is 8. The van der Waals surface area contributed by atoms with Gasteiger partial charge in [0.1, 0.15) is 0 Å². The molecule has 1 N–H and O–H groups in total. The normalized spacial score (nSPS) is 16.2. The SMILES string of the molecule is O=C(NCCCCCCN1CCCCC1)c1ccco1. The van der Waals surface area contributed by atoms with Gasteiger partial charge in [-0.3, -0.25) is 4.79 Å². The van der Waals surface area contributed by atoms with Gasteiger partial charge in [-0.25, -0.2) is 0 Å². The number of carbonyl (C=O) groups excluding carboxylic acids is 1. The van der Waals surface area contributed by atoms with E-state index in [9.17, 15) is 4.79 Å². The van der Waals surface area contributed by atoms with Crippen molar-refractivity contribution in [2.75, 3.05) is 26.2 Å². The molecule has 0 saturated carbocycles. The fraction of sp³-hybridized carbons (Fsp3) is 0.688. The van der Waals surface area contributed by atoms with Gasteiger partial charge in [-0.05, 0) is 57.5 Å². The minimum atomic E-state index is -0.108. The topological polar surface area (TPSA) is 45.5 Å². The van der Waals surface area contributed by atoms with E-state index in [0.29, 0.717) is 5.76 Å². The maximum absolute atomic E-state index is 11.6. The number of likely N-dealkylation sites (tertiary alicyclic amines) is 1. The van der Waals surface area contributed by atoms with E-state index in [-0.39, 0.29) is 5.91 Å². The molecule has 0 bridgehead atoms. The highest BCUT2D eigenvalue weighted by Crippen LogP contribution is 2.10. The summed E-state index contributed by atoms with van der Waals surface area (Å²) in [6.07, 6.45) is 10.5. The van der Waals surface area contributed by atoms with Crippen molar-refractivity contribution in [2.45, 2.75) is 44.9 Å². The molecule has 1 saturated heterocycles. The summed E-state index contributed by atoms with van der Waals surface area (Å²) in [4.78, 5) is 14.2. The minimum Gasteiger partial charge on any atom is -0.459 e. The molecule has 0 aliphatic carbocycles. The van der Waals surface area contributed by atoms with Crippen LogP contribution < -0.4 is 5.32 Å². The first kappa shape index (κ1) is 15.1. The molecule has 2 rings (SSSR count). The predicted octanol–water partition coefficient (Wildman–Crippen LogP) is 3.06. The zero-order valence-electron chi connectivity index (χ0n) is 12.3. The van der Waals surface area contributed by atoms with E-state index in [0.717, 1.165) is 13.0 Å². The van der Waals surface area contributed by atoms with Crippen LogP contribution in [-0.4, -0.2) is 37.0 Å². The van der Waals surface area contributed by atoms with Crippen molar-refractivity contribution < 1.29 is 9.21 Å². The van der Waals surface area contributed by atoms with Gasteiger partial charge in [-0.1, -0.05) is 19.3 Å². The first-order valence-corrected chi connectivity index (χ1v) is 7.90. The van der Waals surface area contributed by atoms with Crippen molar-refractivity contribution in [3.63, 3.8) is 0 Å². The number of nitrogens with zero attached hydrogens (tertiary/aromatic N) is 1. The lowest BCUT2D eigenvalue weighted by molar-refractivity contribution is 0.0925. The van der Waals surface area contributed by atoms with Gasteiger partial charge in [0.25, 0.3) is 5.91 Å². The summed E-state index contributed by atoms with van der Waals surface area (Å²) in [6, 6.07) is 3.42. The van der Waals surface area contributed by atoms with Crippen molar-refractivity contribution in [3.8, 4) is 0 Å². The second-order valence-corrected chi connectivity index (χ2v) is 5.55. The highest BCUT2D eigenvalue weighted by Gasteiger charge is 2.09. The third-order valence-corrected chi connectivity index (χ3v) is 3.88. The summed E-state index contributed by atoms with van der Waals surface area (Å²) in [7, 11) is 0. The molecule has 112 valence electrons. The minimum absolute atomic E-state index is 0.108. The predicted molar refractivity (Wildman–Crippen MR) is 79.8 cm³/mol. The maximum atomic E-state index is 11.6. The van der Waals surface area contributed by atoms with Gasteiger partial charge >= 0.3 is 0 Å². The van der Waals surface area contributed by atoms with Gasteiger partial charge in [0.15, 0.2) is 5.76 Å². The molecule has 4 nitrogen and oxygen atoms in total. The Morgan fingerprint density at radius 1 is 1.15 bits per heavy atom. The largest absolute Gasteiger partial charge is 0.459 e. The molecule has 1 aliphatic rings. The number of amides is 1. The van der Waals surface area contributed by atoms with Crippen LogP contribution in [0.25, 0.3) is 0 Å². The molecule has 1 aromatic heterocycles. The average Bonchev–Trinajstić information content (AvgIpc) is 3.01. The molecule has 1 aromatic rings. The first-order chi connectivity index (χ1) is 9.86. The van der Waals surface area contributed by atoms with Gasteiger partial charge in [0, 0.05) is 6.54 Å². The van der Waals surface area contributed by atoms with Crippen LogP contribution in [0, 0.1) is 0 Å². The second-order valence-electron chi connectivity index (χ2n) is 5.55. The Kier molecular flexibility index (Phi) is 6.64. The van der Waals surface area contributed by atoms with Crippen molar-refractivity contribution >= 4 is 5.91 Å². The number of furan rings is 1. The second kappa shape index (κ2) is 8.80. The molecule has 0 spiro atoms. The number of nitrogens with one attached hydrogen (secondary N) is 1. The highest BCUT2D eigenvalue weighted by atomic mass is 16.3. The average molecular weight is 278 g/mol. The Hall–Kier alpha value is -1.29. The summed E-state index contributed by atoms with van der Waals surface area (Å²) in [5.41, 5.74) is 0. The zero-order valence-corrected chi connectivity index (χ0v) is 12.3. The van der Waals surface area contributed by atoms with E-state index in [1.165, 1.54) is 64.4 Å². The number of carbonyl (C=O) groups is 1. The van der Waals surface area contributed by atoms with E-state index in [1.807, 2.05) is 0 Å². The Balaban J connectivity index is 1.42. The fourth-order valence-electron chi connectivity index (χ4n) is 2.69. The third kappa shape index (κ3) is 5.37. The molecule has 0 aromatic carbocycles. The van der Waals surface area contributed by atoms with Gasteiger partial charge in [-0.15, -0.1) is 0 Å². The van der Waals surface area contributed by atoms with Crippen LogP contribution in [0.1, 0.15) is 55.5 Å². The van der Waals surface area contributed by atoms with Crippen LogP contribution in [0.15, 0.2) is 22.8 Å². The van der Waals surface area contributed by atoms with Gasteiger partial charge in [-0.2, -0.15) is 0 Å². The molecule has 0 radical (unpaired) electrons. The van der Waals surface area contributed by atoms with Crippen molar-refractivity contribution in [1.29, 1.82) is 0 Å². The molecule has 0 atom stereocenters. The fourth-order valence-corrected chi connectivity index (χ4v) is 2.69. The third-order valence-electron chi connectivity index (χ3n) is 3.88. The lowest BCUT2D eigenvalue weighted by Crippen LogP contribution is -2.30. The Morgan fingerprint density at radius 3 is 2.70 bits per heavy atom. The molecule has 1 fully saturated rings. The standard InChI is InChI=1S/C16H26N2O2/c19-16(15-9-8-14-20-15)17-10-4-1-2-5-11-18-12-6-3-7-13-18/h8-9,14H,1-7,10-13H2,(H,17,19). The van der Waals surface area contributed by atoms with Gasteiger partial charge in [0.2, 0.25) is 0 Å². The summed E-state index contributed by atoms with van der Waals surface area (Å²) in [5.74, 6) is 0.290. The highest BCUT2D eigenvalue weighted by molar-refractivity contribution is 5.91. The summed E-state index contributed by atoms with van der Waals surface area (Å²) in [5, 5.41) is 2.88. The van der Waals surface area contributed by atoms with Crippen molar-refractivity contribution in [2.24, 2.45) is 0 Å². The summed E-state index contributed by atoms with van der Waals surface area (Å²) >= 11 is 0. The smallest absolute Gasteiger partial charge is 0.286 e. The first-order valence-electron chi connectivity index (χ1n) is 7.90. The lowest BCUT2D eigenvalue weighted by atomic mass is 10.1. The number of piperidine rings is 1. The zero-order chi connectivity index (χ0) is 14.0. The molecule has 0 unspecified atom stereocenters. The Morgan fingerprint density at radius 2 is 1.95 bits per heavy atom. The van der Waals surface area contributed by atoms with E-state index < -0.39 is 0 Å².